The van der Waals surface area contributed by atoms with E-state index in [1.807, 2.05) is 19.9 Å². The Morgan fingerprint density at radius 2 is 1.41 bits per heavy atom. The van der Waals surface area contributed by atoms with Gasteiger partial charge in [0.05, 0.1) is 18.1 Å². The molecule has 7 rings (SSSR count). The SMILES string of the molecule is COC1=C(C)[C@@]2(C)C[C@@H](OC(C)=O)C3C4(C(C)=C[C@H](OC(=O)c5ccccc5)[C@@]5(C)[C@@H](OC(C)=O)[C@@H](OC(C)=O)[C@@]6(C)CC45OC6=O)[C@@H](C)C[C@@]3(C)C2CC1=O. The van der Waals surface area contributed by atoms with Crippen molar-refractivity contribution in [3.63, 3.8) is 0 Å². The van der Waals surface area contributed by atoms with Crippen LogP contribution in [-0.2, 0) is 52.4 Å². The van der Waals surface area contributed by atoms with E-state index in [0.717, 1.165) is 11.1 Å². The second-order valence-electron chi connectivity index (χ2n) is 18.3. The third-order valence-corrected chi connectivity index (χ3v) is 15.5. The summed E-state index contributed by atoms with van der Waals surface area (Å²) in [6, 6.07) is 8.47. The van der Waals surface area contributed by atoms with Crippen molar-refractivity contribution >= 4 is 35.6 Å². The minimum atomic E-state index is -1.59. The Bertz CT molecular complexity index is 1980. The fourth-order valence-electron chi connectivity index (χ4n) is 13.6. The van der Waals surface area contributed by atoms with Gasteiger partial charge in [-0.3, -0.25) is 24.0 Å². The maximum Gasteiger partial charge on any atom is 0.338 e. The first-order chi connectivity index (χ1) is 26.1. The van der Waals surface area contributed by atoms with Gasteiger partial charge in [0.25, 0.3) is 0 Å². The largest absolute Gasteiger partial charge is 0.493 e. The number of fused-ring (bicyclic) bond motifs is 5. The summed E-state index contributed by atoms with van der Waals surface area (Å²) in [5.74, 6) is -4.00. The van der Waals surface area contributed by atoms with Crippen LogP contribution in [0.3, 0.4) is 0 Å². The number of carbonyl (C=O) groups excluding carboxylic acids is 6. The average Bonchev–Trinajstić information content (AvgIpc) is 3.52. The van der Waals surface area contributed by atoms with E-state index in [9.17, 15) is 28.8 Å². The molecule has 1 aliphatic heterocycles. The molecule has 0 aromatic heterocycles. The second kappa shape index (κ2) is 12.8. The summed E-state index contributed by atoms with van der Waals surface area (Å²) in [5, 5.41) is 0. The van der Waals surface area contributed by atoms with Gasteiger partial charge in [-0.05, 0) is 87.0 Å². The van der Waals surface area contributed by atoms with Gasteiger partial charge in [-0.1, -0.05) is 44.5 Å². The van der Waals surface area contributed by atoms with Crippen LogP contribution in [0.5, 0.6) is 0 Å². The highest BCUT2D eigenvalue weighted by Crippen LogP contribution is 2.82. The van der Waals surface area contributed by atoms with Crippen LogP contribution >= 0.6 is 0 Å². The van der Waals surface area contributed by atoms with Crippen LogP contribution in [0, 0.1) is 44.8 Å². The molecule has 13 atom stereocenters. The molecule has 1 heterocycles. The number of ketones is 1. The first kappa shape index (κ1) is 39.7. The Morgan fingerprint density at radius 3 is 2.00 bits per heavy atom. The lowest BCUT2D eigenvalue weighted by atomic mass is 9.36. The fraction of sp³-hybridized carbons (Fsp3) is 0.636. The lowest BCUT2D eigenvalue weighted by Crippen LogP contribution is -2.78. The number of hydrogen-bond donors (Lipinski definition) is 0. The molecule has 302 valence electrons. The summed E-state index contributed by atoms with van der Waals surface area (Å²) >= 11 is 0. The van der Waals surface area contributed by atoms with Gasteiger partial charge < -0.3 is 28.4 Å². The third-order valence-electron chi connectivity index (χ3n) is 15.5. The lowest BCUT2D eigenvalue weighted by Gasteiger charge is -2.69. The van der Waals surface area contributed by atoms with E-state index in [1.165, 1.54) is 27.9 Å². The van der Waals surface area contributed by atoms with E-state index in [0.29, 0.717) is 18.6 Å². The molecule has 56 heavy (non-hydrogen) atoms. The third kappa shape index (κ3) is 4.88. The fourth-order valence-corrected chi connectivity index (χ4v) is 13.6. The van der Waals surface area contributed by atoms with E-state index in [-0.39, 0.29) is 36.0 Å². The smallest absolute Gasteiger partial charge is 0.338 e. The number of Topliss-reactive ketones (excluding diaryl/α,β-unsaturated/α-hetero) is 1. The highest BCUT2D eigenvalue weighted by atomic mass is 16.6. The Hall–Kier alpha value is -4.48. The predicted octanol–water partition coefficient (Wildman–Crippen LogP) is 6.25. The first-order valence-corrected chi connectivity index (χ1v) is 19.6. The summed E-state index contributed by atoms with van der Waals surface area (Å²) in [5.41, 5.74) is -5.25. The van der Waals surface area contributed by atoms with Crippen LogP contribution in [-0.4, -0.2) is 72.8 Å². The summed E-state index contributed by atoms with van der Waals surface area (Å²) in [6.45, 7) is 17.5. The zero-order chi connectivity index (χ0) is 41.1. The molecule has 5 aliphatic carbocycles. The van der Waals surface area contributed by atoms with Crippen LogP contribution in [0.15, 0.2) is 53.3 Å². The van der Waals surface area contributed by atoms with Gasteiger partial charge in [-0.2, -0.15) is 0 Å². The van der Waals surface area contributed by atoms with Crippen LogP contribution in [0.1, 0.15) is 105 Å². The molecular weight excluding hydrogens is 720 g/mol. The Labute approximate surface area is 328 Å². The highest BCUT2D eigenvalue weighted by molar-refractivity contribution is 5.96. The van der Waals surface area contributed by atoms with Crippen molar-refractivity contribution in [1.29, 1.82) is 0 Å². The van der Waals surface area contributed by atoms with Crippen LogP contribution in [0.2, 0.25) is 0 Å². The number of esters is 5. The van der Waals surface area contributed by atoms with Gasteiger partial charge in [-0.25, -0.2) is 4.79 Å². The van der Waals surface area contributed by atoms with Crippen LogP contribution in [0.25, 0.3) is 0 Å². The summed E-state index contributed by atoms with van der Waals surface area (Å²) in [4.78, 5) is 82.0. The van der Waals surface area contributed by atoms with Gasteiger partial charge in [0, 0.05) is 44.9 Å². The van der Waals surface area contributed by atoms with Crippen molar-refractivity contribution in [3.05, 3.63) is 58.9 Å². The molecule has 12 nitrogen and oxygen atoms in total. The topological polar surface area (TPSA) is 158 Å². The van der Waals surface area contributed by atoms with Crippen molar-refractivity contribution < 1.29 is 57.2 Å². The number of rotatable bonds is 6. The molecular formula is C44H54O12. The predicted molar refractivity (Wildman–Crippen MR) is 199 cm³/mol. The summed E-state index contributed by atoms with van der Waals surface area (Å²) < 4.78 is 37.8. The minimum absolute atomic E-state index is 0.00689. The van der Waals surface area contributed by atoms with Crippen molar-refractivity contribution in [2.75, 3.05) is 7.11 Å². The number of methoxy groups -OCH3 is 1. The lowest BCUT2D eigenvalue weighted by molar-refractivity contribution is -0.291. The number of benzene rings is 1. The van der Waals surface area contributed by atoms with E-state index < -0.39 is 92.9 Å². The average molecular weight is 775 g/mol. The number of allylic oxidation sites excluding steroid dienone is 2. The normalized spacial score (nSPS) is 43.4. The maximum atomic E-state index is 14.8. The monoisotopic (exact) mass is 774 g/mol. The first-order valence-electron chi connectivity index (χ1n) is 19.6. The second-order valence-corrected chi connectivity index (χ2v) is 18.3. The molecule has 0 radical (unpaired) electrons. The molecule has 2 bridgehead atoms. The molecule has 0 N–H and O–H groups in total. The van der Waals surface area contributed by atoms with Gasteiger partial charge in [0.1, 0.15) is 23.2 Å². The van der Waals surface area contributed by atoms with Crippen molar-refractivity contribution in [1.82, 2.24) is 0 Å². The summed E-state index contributed by atoms with van der Waals surface area (Å²) in [7, 11) is 1.50. The molecule has 3 saturated carbocycles. The zero-order valence-corrected chi connectivity index (χ0v) is 34.2. The molecule has 12 heteroatoms. The molecule has 1 saturated heterocycles. The van der Waals surface area contributed by atoms with Crippen molar-refractivity contribution in [3.8, 4) is 0 Å². The molecule has 1 aromatic rings. The van der Waals surface area contributed by atoms with Gasteiger partial charge in [0.2, 0.25) is 0 Å². The van der Waals surface area contributed by atoms with Crippen molar-refractivity contribution in [2.24, 2.45) is 44.8 Å². The Morgan fingerprint density at radius 1 is 0.804 bits per heavy atom. The minimum Gasteiger partial charge on any atom is -0.493 e. The molecule has 4 fully saturated rings. The molecule has 1 aromatic carbocycles. The number of carbonyl (C=O) groups is 6. The van der Waals surface area contributed by atoms with Gasteiger partial charge >= 0.3 is 29.8 Å². The Balaban J connectivity index is 1.55. The van der Waals surface area contributed by atoms with Gasteiger partial charge in [-0.15, -0.1) is 0 Å². The molecule has 2 spiro atoms. The van der Waals surface area contributed by atoms with E-state index in [2.05, 4.69) is 20.8 Å². The molecule has 0 amide bonds. The maximum absolute atomic E-state index is 14.8. The van der Waals surface area contributed by atoms with Crippen LogP contribution < -0.4 is 0 Å². The number of ether oxygens (including phenoxy) is 6. The van der Waals surface area contributed by atoms with E-state index in [1.54, 1.807) is 44.2 Å². The summed E-state index contributed by atoms with van der Waals surface area (Å²) in [6.07, 6.45) is -1.56. The van der Waals surface area contributed by atoms with Crippen LogP contribution in [0.4, 0.5) is 0 Å². The highest BCUT2D eigenvalue weighted by Gasteiger charge is 2.89. The quantitative estimate of drug-likeness (QED) is 0.182. The Kier molecular flexibility index (Phi) is 9.06. The molecule has 6 aliphatic rings. The van der Waals surface area contributed by atoms with E-state index >= 15 is 0 Å². The van der Waals surface area contributed by atoms with Gasteiger partial charge in [0.15, 0.2) is 23.8 Å². The molecule has 4 unspecified atom stereocenters. The van der Waals surface area contributed by atoms with E-state index in [4.69, 9.17) is 28.4 Å². The van der Waals surface area contributed by atoms with Crippen molar-refractivity contribution in [2.45, 2.75) is 125 Å². The number of hydrogen-bond acceptors (Lipinski definition) is 12. The standard InChI is InChI=1S/C44H54O12/c1-22-17-32(55-37(49)28-15-13-12-14-16-28)42(10)36(54-27(6)47)35(53-26(5)46)41(9)21-43(42,56-38(41)50)44(22)23(2)19-40(8)31-18-29(48)33(51-11)24(3)39(31,7)20-30(34(40)44)52-25(4)45/h12-17,23,30-32,34-36H,18-21H2,1-11H3/t23-,30+,31?,32-,34?,35+,36-,39+,40-,41+,42-,43?,44?/m0/s1. The zero-order valence-electron chi connectivity index (χ0n) is 34.2.